The zero-order valence-electron chi connectivity index (χ0n) is 20.9. The maximum absolute atomic E-state index is 5.42. The third-order valence-electron chi connectivity index (χ3n) is 6.51. The minimum Gasteiger partial charge on any atom is -0.497 e. The highest BCUT2D eigenvalue weighted by Gasteiger charge is 2.33. The van der Waals surface area contributed by atoms with Crippen molar-refractivity contribution in [2.24, 2.45) is 0 Å². The summed E-state index contributed by atoms with van der Waals surface area (Å²) in [5.41, 5.74) is 9.29. The van der Waals surface area contributed by atoms with Crippen LogP contribution < -0.4 is 18.9 Å². The van der Waals surface area contributed by atoms with Crippen LogP contribution in [0.15, 0.2) is 97.1 Å². The normalized spacial score (nSPS) is 12.8. The van der Waals surface area contributed by atoms with Gasteiger partial charge in [0.15, 0.2) is 0 Å². The molecule has 1 aliphatic carbocycles. The second kappa shape index (κ2) is 10.0. The monoisotopic (exact) mass is 476 g/mol. The fourth-order valence-corrected chi connectivity index (χ4v) is 4.62. The predicted molar refractivity (Wildman–Crippen MR) is 146 cm³/mol. The van der Waals surface area contributed by atoms with Crippen LogP contribution in [0.5, 0.6) is 23.0 Å². The summed E-state index contributed by atoms with van der Waals surface area (Å²) >= 11 is 0. The Balaban J connectivity index is 1.74. The Labute approximate surface area is 212 Å². The number of benzene rings is 4. The molecule has 0 unspecified atom stereocenters. The largest absolute Gasteiger partial charge is 0.497 e. The van der Waals surface area contributed by atoms with E-state index in [9.17, 15) is 0 Å². The van der Waals surface area contributed by atoms with Crippen LogP contribution in [0, 0.1) is 0 Å². The molecule has 0 spiro atoms. The van der Waals surface area contributed by atoms with Crippen LogP contribution in [0.4, 0.5) is 0 Å². The molecule has 0 saturated heterocycles. The molecule has 4 aromatic carbocycles. The van der Waals surface area contributed by atoms with Crippen molar-refractivity contribution in [1.29, 1.82) is 0 Å². The van der Waals surface area contributed by atoms with Crippen molar-refractivity contribution in [3.8, 4) is 23.0 Å². The first-order chi connectivity index (χ1) is 17.7. The molecular formula is C32H28O4. The van der Waals surface area contributed by atoms with Crippen molar-refractivity contribution in [1.82, 2.24) is 0 Å². The number of hydrogen-bond donors (Lipinski definition) is 0. The molecule has 0 saturated carbocycles. The number of rotatable bonds is 8. The number of ether oxygens (including phenoxy) is 4. The molecule has 0 aliphatic heterocycles. The Hall–Kier alpha value is -4.44. The summed E-state index contributed by atoms with van der Waals surface area (Å²) in [4.78, 5) is 0. The van der Waals surface area contributed by atoms with Gasteiger partial charge in [-0.1, -0.05) is 48.5 Å². The first kappa shape index (κ1) is 23.3. The van der Waals surface area contributed by atoms with E-state index >= 15 is 0 Å². The van der Waals surface area contributed by atoms with Gasteiger partial charge in [-0.3, -0.25) is 0 Å². The summed E-state index contributed by atoms with van der Waals surface area (Å²) in [6.07, 6.45) is 0. The quantitative estimate of drug-likeness (QED) is 0.268. The van der Waals surface area contributed by atoms with Crippen molar-refractivity contribution >= 4 is 22.3 Å². The van der Waals surface area contributed by atoms with Crippen LogP contribution in [-0.2, 0) is 0 Å². The van der Waals surface area contributed by atoms with Gasteiger partial charge in [0.2, 0.25) is 0 Å². The maximum atomic E-state index is 5.42. The second-order valence-electron chi connectivity index (χ2n) is 8.41. The SMILES string of the molecule is COc1ccc(C2=C(c3ccc(OC)cc3)C(c3ccc(OC)cc3)=C2c2ccc(OC)cc2)cc1. The maximum Gasteiger partial charge on any atom is 0.118 e. The molecule has 0 radical (unpaired) electrons. The van der Waals surface area contributed by atoms with Gasteiger partial charge in [-0.25, -0.2) is 0 Å². The van der Waals surface area contributed by atoms with Gasteiger partial charge in [0.05, 0.1) is 28.4 Å². The molecule has 0 fully saturated rings. The fourth-order valence-electron chi connectivity index (χ4n) is 4.62. The van der Waals surface area contributed by atoms with Crippen LogP contribution in [0.25, 0.3) is 22.3 Å². The molecule has 0 bridgehead atoms. The Kier molecular flexibility index (Phi) is 6.50. The van der Waals surface area contributed by atoms with Crippen LogP contribution in [0.3, 0.4) is 0 Å². The van der Waals surface area contributed by atoms with E-state index in [0.717, 1.165) is 45.3 Å². The molecule has 0 amide bonds. The average Bonchev–Trinajstić information content (AvgIpc) is 2.94. The topological polar surface area (TPSA) is 36.9 Å². The van der Waals surface area contributed by atoms with E-state index in [1.165, 1.54) is 22.3 Å². The zero-order valence-corrected chi connectivity index (χ0v) is 20.9. The van der Waals surface area contributed by atoms with Gasteiger partial charge in [-0.2, -0.15) is 0 Å². The Morgan fingerprint density at radius 2 is 0.444 bits per heavy atom. The van der Waals surface area contributed by atoms with E-state index in [-0.39, 0.29) is 0 Å². The molecule has 5 rings (SSSR count). The van der Waals surface area contributed by atoms with Crippen LogP contribution >= 0.6 is 0 Å². The van der Waals surface area contributed by atoms with Crippen molar-refractivity contribution in [2.45, 2.75) is 0 Å². The van der Waals surface area contributed by atoms with Gasteiger partial charge < -0.3 is 18.9 Å². The lowest BCUT2D eigenvalue weighted by atomic mass is 9.69. The van der Waals surface area contributed by atoms with Crippen molar-refractivity contribution in [2.75, 3.05) is 28.4 Å². The lowest BCUT2D eigenvalue weighted by Gasteiger charge is -2.33. The van der Waals surface area contributed by atoms with E-state index in [4.69, 9.17) is 18.9 Å². The van der Waals surface area contributed by atoms with Crippen LogP contribution in [0.1, 0.15) is 22.3 Å². The molecule has 0 heterocycles. The van der Waals surface area contributed by atoms with E-state index in [2.05, 4.69) is 48.5 Å². The van der Waals surface area contributed by atoms with E-state index in [1.54, 1.807) is 28.4 Å². The minimum atomic E-state index is 0.829. The van der Waals surface area contributed by atoms with E-state index in [0.29, 0.717) is 0 Å². The van der Waals surface area contributed by atoms with Crippen molar-refractivity contribution in [3.63, 3.8) is 0 Å². The minimum absolute atomic E-state index is 0.829. The Morgan fingerprint density at radius 3 is 0.583 bits per heavy atom. The molecule has 36 heavy (non-hydrogen) atoms. The number of methoxy groups -OCH3 is 4. The highest BCUT2D eigenvalue weighted by molar-refractivity contribution is 6.43. The highest BCUT2D eigenvalue weighted by atomic mass is 16.5. The number of allylic oxidation sites excluding steroid dienone is 4. The van der Waals surface area contributed by atoms with Gasteiger partial charge in [-0.05, 0) is 93.1 Å². The zero-order chi connectivity index (χ0) is 25.1. The molecule has 1 aliphatic rings. The number of hydrogen-bond acceptors (Lipinski definition) is 4. The second-order valence-corrected chi connectivity index (χ2v) is 8.41. The summed E-state index contributed by atoms with van der Waals surface area (Å²) in [6, 6.07) is 33.0. The van der Waals surface area contributed by atoms with E-state index < -0.39 is 0 Å². The molecule has 0 atom stereocenters. The fraction of sp³-hybridized carbons (Fsp3) is 0.125. The van der Waals surface area contributed by atoms with Gasteiger partial charge in [0.1, 0.15) is 23.0 Å². The first-order valence-electron chi connectivity index (χ1n) is 11.7. The smallest absolute Gasteiger partial charge is 0.118 e. The van der Waals surface area contributed by atoms with Gasteiger partial charge in [0.25, 0.3) is 0 Å². The van der Waals surface area contributed by atoms with Crippen LogP contribution in [0.2, 0.25) is 0 Å². The molecule has 0 aromatic heterocycles. The van der Waals surface area contributed by atoms with Gasteiger partial charge in [-0.15, -0.1) is 0 Å². The molecular weight excluding hydrogens is 448 g/mol. The average molecular weight is 477 g/mol. The standard InChI is InChI=1S/C32H28O4/c1-33-25-13-5-21(6-14-25)29-30(22-7-15-26(34-2)16-8-22)32(24-11-19-28(36-4)20-12-24)31(29)23-9-17-27(35-3)18-10-23/h5-20H,1-4H3. The predicted octanol–water partition coefficient (Wildman–Crippen LogP) is 7.26. The summed E-state index contributed by atoms with van der Waals surface area (Å²) in [7, 11) is 6.74. The Morgan fingerprint density at radius 1 is 0.278 bits per heavy atom. The van der Waals surface area contributed by atoms with E-state index in [1.807, 2.05) is 48.5 Å². The summed E-state index contributed by atoms with van der Waals surface area (Å²) < 4.78 is 21.7. The van der Waals surface area contributed by atoms with Gasteiger partial charge >= 0.3 is 0 Å². The lowest BCUT2D eigenvalue weighted by Crippen LogP contribution is -2.10. The van der Waals surface area contributed by atoms with Crippen molar-refractivity contribution < 1.29 is 18.9 Å². The first-order valence-corrected chi connectivity index (χ1v) is 11.7. The van der Waals surface area contributed by atoms with Crippen molar-refractivity contribution in [3.05, 3.63) is 119 Å². The van der Waals surface area contributed by atoms with Gasteiger partial charge in [0, 0.05) is 0 Å². The lowest BCUT2D eigenvalue weighted by molar-refractivity contribution is 0.414. The van der Waals surface area contributed by atoms with Crippen LogP contribution in [-0.4, -0.2) is 28.4 Å². The molecule has 4 heteroatoms. The molecule has 180 valence electrons. The summed E-state index contributed by atoms with van der Waals surface area (Å²) in [6.45, 7) is 0. The Bertz CT molecular complexity index is 1170. The highest BCUT2D eigenvalue weighted by Crippen LogP contribution is 2.56. The third-order valence-corrected chi connectivity index (χ3v) is 6.51. The molecule has 0 N–H and O–H groups in total. The summed E-state index contributed by atoms with van der Waals surface area (Å²) in [5.74, 6) is 3.31. The summed E-state index contributed by atoms with van der Waals surface area (Å²) in [5, 5.41) is 0. The third kappa shape index (κ3) is 4.22. The molecule has 4 aromatic rings. The molecule has 4 nitrogen and oxygen atoms in total.